The molecule has 1 unspecified atom stereocenters. The van der Waals surface area contributed by atoms with Crippen LogP contribution >= 0.6 is 11.5 Å². The maximum absolute atomic E-state index is 5.51. The van der Waals surface area contributed by atoms with Crippen molar-refractivity contribution < 1.29 is 0 Å². The van der Waals surface area contributed by atoms with Gasteiger partial charge in [-0.25, -0.2) is 4.98 Å². The predicted octanol–water partition coefficient (Wildman–Crippen LogP) is 1.32. The van der Waals surface area contributed by atoms with E-state index in [1.165, 1.54) is 18.0 Å². The van der Waals surface area contributed by atoms with Crippen molar-refractivity contribution in [3.8, 4) is 0 Å². The highest BCUT2D eigenvalue weighted by atomic mass is 32.1. The van der Waals surface area contributed by atoms with Crippen LogP contribution in [0.3, 0.4) is 0 Å². The summed E-state index contributed by atoms with van der Waals surface area (Å²) in [4.78, 5) is 4.02. The Morgan fingerprint density at radius 1 is 1.69 bits per heavy atom. The minimum atomic E-state index is 0.621. The van der Waals surface area contributed by atoms with Gasteiger partial charge in [0.2, 0.25) is 5.13 Å². The van der Waals surface area contributed by atoms with Gasteiger partial charge in [-0.15, -0.1) is 0 Å². The quantitative estimate of drug-likeness (QED) is 0.680. The topological polar surface area (TPSA) is 63.8 Å². The fourth-order valence-electron chi connectivity index (χ4n) is 1.01. The molecular formula is C8H16N4S. The van der Waals surface area contributed by atoms with Crippen molar-refractivity contribution in [2.45, 2.75) is 19.8 Å². The summed E-state index contributed by atoms with van der Waals surface area (Å²) in [6.45, 7) is 3.91. The Morgan fingerprint density at radius 3 is 3.15 bits per heavy atom. The van der Waals surface area contributed by atoms with Crippen molar-refractivity contribution in [2.24, 2.45) is 11.7 Å². The zero-order valence-corrected chi connectivity index (χ0v) is 8.68. The lowest BCUT2D eigenvalue weighted by molar-refractivity contribution is 0.529. The summed E-state index contributed by atoms with van der Waals surface area (Å²) in [5.41, 5.74) is 5.51. The first-order valence-corrected chi connectivity index (χ1v) is 5.31. The van der Waals surface area contributed by atoms with E-state index >= 15 is 0 Å². The molecule has 3 N–H and O–H groups in total. The molecule has 74 valence electrons. The first-order chi connectivity index (χ1) is 6.33. The fourth-order valence-corrected chi connectivity index (χ4v) is 1.47. The average Bonchev–Trinajstić information content (AvgIpc) is 2.64. The number of rotatable bonds is 6. The van der Waals surface area contributed by atoms with E-state index in [0.29, 0.717) is 5.92 Å². The highest BCUT2D eigenvalue weighted by Crippen LogP contribution is 2.08. The summed E-state index contributed by atoms with van der Waals surface area (Å²) in [6.07, 6.45) is 3.87. The minimum Gasteiger partial charge on any atom is -0.360 e. The number of anilines is 1. The van der Waals surface area contributed by atoms with Crippen LogP contribution in [0.4, 0.5) is 5.13 Å². The van der Waals surface area contributed by atoms with E-state index in [1.54, 1.807) is 6.33 Å². The number of nitrogens with zero attached hydrogens (tertiary/aromatic N) is 2. The number of aromatic nitrogens is 2. The molecule has 4 nitrogen and oxygen atoms in total. The van der Waals surface area contributed by atoms with Gasteiger partial charge in [0.1, 0.15) is 6.33 Å². The van der Waals surface area contributed by atoms with Crippen LogP contribution in [0, 0.1) is 5.92 Å². The predicted molar refractivity (Wildman–Crippen MR) is 55.9 cm³/mol. The molecule has 0 aliphatic rings. The molecule has 1 aromatic heterocycles. The third kappa shape index (κ3) is 4.19. The molecule has 0 aliphatic heterocycles. The van der Waals surface area contributed by atoms with Crippen LogP contribution in [0.2, 0.25) is 0 Å². The van der Waals surface area contributed by atoms with E-state index in [2.05, 4.69) is 21.6 Å². The summed E-state index contributed by atoms with van der Waals surface area (Å²) in [7, 11) is 0. The Kier molecular flexibility index (Phi) is 4.70. The molecule has 1 aromatic rings. The molecule has 1 rings (SSSR count). The van der Waals surface area contributed by atoms with E-state index in [0.717, 1.165) is 24.6 Å². The summed E-state index contributed by atoms with van der Waals surface area (Å²) < 4.78 is 3.90. The van der Waals surface area contributed by atoms with Crippen molar-refractivity contribution in [1.29, 1.82) is 0 Å². The van der Waals surface area contributed by atoms with Gasteiger partial charge in [0, 0.05) is 18.1 Å². The highest BCUT2D eigenvalue weighted by molar-refractivity contribution is 7.09. The third-order valence-electron chi connectivity index (χ3n) is 1.91. The summed E-state index contributed by atoms with van der Waals surface area (Å²) >= 11 is 1.39. The van der Waals surface area contributed by atoms with Crippen molar-refractivity contribution in [1.82, 2.24) is 9.36 Å². The molecule has 1 atom stereocenters. The van der Waals surface area contributed by atoms with Gasteiger partial charge in [0.05, 0.1) is 0 Å². The molecule has 0 amide bonds. The van der Waals surface area contributed by atoms with E-state index in [9.17, 15) is 0 Å². The average molecular weight is 200 g/mol. The van der Waals surface area contributed by atoms with Crippen LogP contribution in [0.15, 0.2) is 6.33 Å². The highest BCUT2D eigenvalue weighted by Gasteiger charge is 1.99. The molecule has 5 heteroatoms. The molecule has 0 aliphatic carbocycles. The monoisotopic (exact) mass is 200 g/mol. The van der Waals surface area contributed by atoms with Crippen LogP contribution < -0.4 is 11.1 Å². The zero-order valence-electron chi connectivity index (χ0n) is 7.86. The molecule has 13 heavy (non-hydrogen) atoms. The summed E-state index contributed by atoms with van der Waals surface area (Å²) in [5, 5.41) is 4.11. The molecule has 0 spiro atoms. The second-order valence-electron chi connectivity index (χ2n) is 3.16. The maximum Gasteiger partial charge on any atom is 0.202 e. The Balaban J connectivity index is 2.02. The third-order valence-corrected chi connectivity index (χ3v) is 2.54. The zero-order chi connectivity index (χ0) is 9.52. The van der Waals surface area contributed by atoms with Crippen molar-refractivity contribution >= 4 is 16.7 Å². The van der Waals surface area contributed by atoms with Crippen LogP contribution in [0.1, 0.15) is 19.8 Å². The standard InChI is InChI=1S/C8H16N4S/c1-7(5-9)3-2-4-10-8-11-6-12-13-8/h6-7H,2-5,9H2,1H3,(H,10,11,12). The lowest BCUT2D eigenvalue weighted by Crippen LogP contribution is -2.12. The molecule has 0 aromatic carbocycles. The lowest BCUT2D eigenvalue weighted by atomic mass is 10.1. The van der Waals surface area contributed by atoms with Gasteiger partial charge in [0.25, 0.3) is 0 Å². The van der Waals surface area contributed by atoms with Gasteiger partial charge < -0.3 is 11.1 Å². The van der Waals surface area contributed by atoms with E-state index in [1.807, 2.05) is 0 Å². The Bertz CT molecular complexity index is 212. The van der Waals surface area contributed by atoms with Crippen LogP contribution in [0.25, 0.3) is 0 Å². The summed E-state index contributed by atoms with van der Waals surface area (Å²) in [6, 6.07) is 0. The van der Waals surface area contributed by atoms with Crippen LogP contribution in [-0.2, 0) is 0 Å². The molecule has 0 saturated heterocycles. The number of hydrogen-bond acceptors (Lipinski definition) is 5. The number of nitrogens with two attached hydrogens (primary N) is 1. The van der Waals surface area contributed by atoms with Gasteiger partial charge in [0.15, 0.2) is 0 Å². The van der Waals surface area contributed by atoms with Gasteiger partial charge >= 0.3 is 0 Å². The van der Waals surface area contributed by atoms with Crippen molar-refractivity contribution in [3.63, 3.8) is 0 Å². The molecule has 0 bridgehead atoms. The first-order valence-electron chi connectivity index (χ1n) is 4.53. The number of hydrogen-bond donors (Lipinski definition) is 2. The van der Waals surface area contributed by atoms with Gasteiger partial charge in [-0.1, -0.05) is 6.92 Å². The van der Waals surface area contributed by atoms with E-state index in [-0.39, 0.29) is 0 Å². The molecule has 0 radical (unpaired) electrons. The van der Waals surface area contributed by atoms with E-state index in [4.69, 9.17) is 5.73 Å². The van der Waals surface area contributed by atoms with Gasteiger partial charge in [-0.2, -0.15) is 4.37 Å². The Morgan fingerprint density at radius 2 is 2.54 bits per heavy atom. The fraction of sp³-hybridized carbons (Fsp3) is 0.750. The second-order valence-corrected chi connectivity index (χ2v) is 3.94. The van der Waals surface area contributed by atoms with Gasteiger partial charge in [-0.05, 0) is 25.3 Å². The largest absolute Gasteiger partial charge is 0.360 e. The smallest absolute Gasteiger partial charge is 0.202 e. The maximum atomic E-state index is 5.51. The van der Waals surface area contributed by atoms with Gasteiger partial charge in [-0.3, -0.25) is 0 Å². The Labute approximate surface area is 82.7 Å². The Hall–Kier alpha value is -0.680. The first kappa shape index (κ1) is 10.4. The van der Waals surface area contributed by atoms with E-state index < -0.39 is 0 Å². The molecule has 0 saturated carbocycles. The molecule has 0 fully saturated rings. The molecular weight excluding hydrogens is 184 g/mol. The lowest BCUT2D eigenvalue weighted by Gasteiger charge is -2.07. The minimum absolute atomic E-state index is 0.621. The van der Waals surface area contributed by atoms with Crippen LogP contribution in [-0.4, -0.2) is 22.4 Å². The SMILES string of the molecule is CC(CN)CCCNc1ncns1. The molecule has 1 heterocycles. The second kappa shape index (κ2) is 5.88. The number of nitrogens with one attached hydrogen (secondary N) is 1. The van der Waals surface area contributed by atoms with Crippen molar-refractivity contribution in [3.05, 3.63) is 6.33 Å². The normalized spacial score (nSPS) is 12.8. The van der Waals surface area contributed by atoms with Crippen molar-refractivity contribution in [2.75, 3.05) is 18.4 Å². The van der Waals surface area contributed by atoms with Crippen LogP contribution in [0.5, 0.6) is 0 Å². The summed E-state index contributed by atoms with van der Waals surface area (Å²) in [5.74, 6) is 0.621.